The molecular weight excluding hydrogens is 204 g/mol. The van der Waals surface area contributed by atoms with E-state index in [-0.39, 0.29) is 0 Å². The van der Waals surface area contributed by atoms with Crippen LogP contribution in [-0.4, -0.2) is 17.5 Å². The topological polar surface area (TPSA) is 65.2 Å². The maximum Gasteiger partial charge on any atom is 0.254 e. The van der Waals surface area contributed by atoms with Crippen LogP contribution in [0.15, 0.2) is 18.3 Å². The molecule has 88 valence electrons. The van der Waals surface area contributed by atoms with Crippen LogP contribution in [0.4, 0.5) is 0 Å². The molecule has 0 aromatic carbocycles. The van der Waals surface area contributed by atoms with Crippen molar-refractivity contribution in [3.8, 4) is 5.88 Å². The van der Waals surface area contributed by atoms with E-state index in [1.807, 2.05) is 0 Å². The van der Waals surface area contributed by atoms with Crippen molar-refractivity contribution in [2.24, 2.45) is 5.73 Å². The predicted octanol–water partition coefficient (Wildman–Crippen LogP) is 2.14. The maximum atomic E-state index is 11.1. The highest BCUT2D eigenvalue weighted by Crippen LogP contribution is 2.13. The van der Waals surface area contributed by atoms with Crippen LogP contribution in [0.2, 0.25) is 0 Å². The van der Waals surface area contributed by atoms with Crippen molar-refractivity contribution < 1.29 is 9.53 Å². The highest BCUT2D eigenvalue weighted by atomic mass is 16.5. The highest BCUT2D eigenvalue weighted by molar-refractivity contribution is 5.94. The van der Waals surface area contributed by atoms with Crippen molar-refractivity contribution >= 4 is 5.91 Å². The molecule has 0 bridgehead atoms. The monoisotopic (exact) mass is 222 g/mol. The second-order valence-electron chi connectivity index (χ2n) is 3.63. The molecule has 0 fully saturated rings. The van der Waals surface area contributed by atoms with Gasteiger partial charge in [-0.25, -0.2) is 4.98 Å². The number of hydrogen-bond donors (Lipinski definition) is 1. The highest BCUT2D eigenvalue weighted by Gasteiger charge is 2.09. The Balaban J connectivity index is 2.44. The molecule has 0 aliphatic heterocycles. The summed E-state index contributed by atoms with van der Waals surface area (Å²) in [6.07, 6.45) is 6.09. The summed E-state index contributed by atoms with van der Waals surface area (Å²) in [6, 6.07) is 3.29. The van der Waals surface area contributed by atoms with Crippen LogP contribution in [0.5, 0.6) is 5.88 Å². The van der Waals surface area contributed by atoms with Gasteiger partial charge in [0.05, 0.1) is 6.61 Å². The third-order valence-electron chi connectivity index (χ3n) is 2.27. The Labute approximate surface area is 95.8 Å². The standard InChI is InChI=1S/C12H18N2O2/c1-2-3-4-5-9-16-12-10(11(13)15)7-6-8-14-12/h6-8H,2-5,9H2,1H3,(H2,13,15). The molecule has 0 aliphatic carbocycles. The molecular formula is C12H18N2O2. The predicted molar refractivity (Wildman–Crippen MR) is 62.4 cm³/mol. The molecule has 0 saturated carbocycles. The van der Waals surface area contributed by atoms with Crippen LogP contribution < -0.4 is 10.5 Å². The average Bonchev–Trinajstić information content (AvgIpc) is 2.29. The van der Waals surface area contributed by atoms with E-state index in [9.17, 15) is 4.79 Å². The molecule has 1 aromatic rings. The molecule has 1 heterocycles. The van der Waals surface area contributed by atoms with Gasteiger partial charge in [-0.2, -0.15) is 0 Å². The average molecular weight is 222 g/mol. The van der Waals surface area contributed by atoms with Crippen LogP contribution in [-0.2, 0) is 0 Å². The molecule has 16 heavy (non-hydrogen) atoms. The van der Waals surface area contributed by atoms with Crippen molar-refractivity contribution in [1.29, 1.82) is 0 Å². The third kappa shape index (κ3) is 3.88. The first-order valence-electron chi connectivity index (χ1n) is 5.63. The first kappa shape index (κ1) is 12.5. The minimum absolute atomic E-state index is 0.339. The molecule has 0 aliphatic rings. The van der Waals surface area contributed by atoms with Gasteiger partial charge in [-0.3, -0.25) is 4.79 Å². The summed E-state index contributed by atoms with van der Waals surface area (Å²) in [7, 11) is 0. The van der Waals surface area contributed by atoms with E-state index in [0.29, 0.717) is 18.1 Å². The number of rotatable bonds is 7. The molecule has 0 unspecified atom stereocenters. The van der Waals surface area contributed by atoms with Gasteiger partial charge >= 0.3 is 0 Å². The summed E-state index contributed by atoms with van der Waals surface area (Å²) >= 11 is 0. The molecule has 1 rings (SSSR count). The number of pyridine rings is 1. The lowest BCUT2D eigenvalue weighted by Gasteiger charge is -2.07. The number of primary amides is 1. The Kier molecular flexibility index (Phi) is 5.32. The van der Waals surface area contributed by atoms with E-state index < -0.39 is 5.91 Å². The molecule has 1 amide bonds. The lowest BCUT2D eigenvalue weighted by atomic mass is 10.2. The number of carbonyl (C=O) groups is 1. The quantitative estimate of drug-likeness (QED) is 0.719. The minimum Gasteiger partial charge on any atom is -0.477 e. The second-order valence-corrected chi connectivity index (χ2v) is 3.63. The third-order valence-corrected chi connectivity index (χ3v) is 2.27. The molecule has 0 atom stereocenters. The summed E-state index contributed by atoms with van der Waals surface area (Å²) < 4.78 is 5.43. The van der Waals surface area contributed by atoms with E-state index in [2.05, 4.69) is 11.9 Å². The number of ether oxygens (including phenoxy) is 1. The largest absolute Gasteiger partial charge is 0.477 e. The van der Waals surface area contributed by atoms with E-state index in [4.69, 9.17) is 10.5 Å². The smallest absolute Gasteiger partial charge is 0.254 e. The number of carbonyl (C=O) groups excluding carboxylic acids is 1. The van der Waals surface area contributed by atoms with E-state index in [0.717, 1.165) is 12.8 Å². The molecule has 0 saturated heterocycles. The zero-order valence-corrected chi connectivity index (χ0v) is 9.61. The van der Waals surface area contributed by atoms with Gasteiger partial charge in [-0.15, -0.1) is 0 Å². The summed E-state index contributed by atoms with van der Waals surface area (Å²) in [5.41, 5.74) is 5.55. The van der Waals surface area contributed by atoms with E-state index in [1.54, 1.807) is 18.3 Å². The number of hydrogen-bond acceptors (Lipinski definition) is 3. The van der Waals surface area contributed by atoms with Crippen molar-refractivity contribution in [3.05, 3.63) is 23.9 Å². The van der Waals surface area contributed by atoms with Crippen LogP contribution in [0, 0.1) is 0 Å². The summed E-state index contributed by atoms with van der Waals surface area (Å²) in [5, 5.41) is 0. The summed E-state index contributed by atoms with van der Waals surface area (Å²) in [5.74, 6) is -0.164. The fraction of sp³-hybridized carbons (Fsp3) is 0.500. The Hall–Kier alpha value is -1.58. The van der Waals surface area contributed by atoms with Gasteiger partial charge in [0.15, 0.2) is 0 Å². The number of aromatic nitrogens is 1. The number of amides is 1. The molecule has 2 N–H and O–H groups in total. The van der Waals surface area contributed by atoms with Gasteiger partial charge in [-0.05, 0) is 18.6 Å². The van der Waals surface area contributed by atoms with E-state index in [1.165, 1.54) is 12.8 Å². The normalized spacial score (nSPS) is 10.1. The molecule has 0 spiro atoms. The number of unbranched alkanes of at least 4 members (excludes halogenated alkanes) is 3. The fourth-order valence-corrected chi connectivity index (χ4v) is 1.39. The SMILES string of the molecule is CCCCCCOc1ncccc1C(N)=O. The van der Waals surface area contributed by atoms with Crippen molar-refractivity contribution in [1.82, 2.24) is 4.98 Å². The van der Waals surface area contributed by atoms with Crippen molar-refractivity contribution in [3.63, 3.8) is 0 Å². The first-order chi connectivity index (χ1) is 7.75. The van der Waals surface area contributed by atoms with Crippen molar-refractivity contribution in [2.75, 3.05) is 6.61 Å². The van der Waals surface area contributed by atoms with Gasteiger partial charge in [0.25, 0.3) is 5.91 Å². The first-order valence-corrected chi connectivity index (χ1v) is 5.63. The van der Waals surface area contributed by atoms with Crippen molar-refractivity contribution in [2.45, 2.75) is 32.6 Å². The lowest BCUT2D eigenvalue weighted by Crippen LogP contribution is -2.14. The Morgan fingerprint density at radius 2 is 2.25 bits per heavy atom. The van der Waals surface area contributed by atoms with Gasteiger partial charge in [0, 0.05) is 6.20 Å². The molecule has 0 radical (unpaired) electrons. The van der Waals surface area contributed by atoms with Crippen LogP contribution >= 0.6 is 0 Å². The lowest BCUT2D eigenvalue weighted by molar-refractivity contribution is 0.0995. The second kappa shape index (κ2) is 6.82. The van der Waals surface area contributed by atoms with Crippen LogP contribution in [0.25, 0.3) is 0 Å². The number of nitrogens with zero attached hydrogens (tertiary/aromatic N) is 1. The van der Waals surface area contributed by atoms with Gasteiger partial charge < -0.3 is 10.5 Å². The zero-order valence-electron chi connectivity index (χ0n) is 9.61. The zero-order chi connectivity index (χ0) is 11.8. The van der Waals surface area contributed by atoms with Gasteiger partial charge in [-0.1, -0.05) is 26.2 Å². The molecule has 4 nitrogen and oxygen atoms in total. The van der Waals surface area contributed by atoms with Gasteiger partial charge in [0.1, 0.15) is 5.56 Å². The summed E-state index contributed by atoms with van der Waals surface area (Å²) in [4.78, 5) is 15.1. The minimum atomic E-state index is -0.503. The summed E-state index contributed by atoms with van der Waals surface area (Å²) in [6.45, 7) is 2.74. The fourth-order valence-electron chi connectivity index (χ4n) is 1.39. The molecule has 4 heteroatoms. The van der Waals surface area contributed by atoms with E-state index >= 15 is 0 Å². The van der Waals surface area contributed by atoms with Crippen LogP contribution in [0.1, 0.15) is 43.0 Å². The Morgan fingerprint density at radius 3 is 2.94 bits per heavy atom. The van der Waals surface area contributed by atoms with Crippen LogP contribution in [0.3, 0.4) is 0 Å². The Morgan fingerprint density at radius 1 is 1.44 bits per heavy atom. The maximum absolute atomic E-state index is 11.1. The number of nitrogens with two attached hydrogens (primary N) is 1. The molecule has 1 aromatic heterocycles. The Bertz CT molecular complexity index is 340. The van der Waals surface area contributed by atoms with Gasteiger partial charge in [0.2, 0.25) is 5.88 Å².